The maximum absolute atomic E-state index is 12.7. The monoisotopic (exact) mass is 354 g/mol. The summed E-state index contributed by atoms with van der Waals surface area (Å²) in [7, 11) is 0. The van der Waals surface area contributed by atoms with E-state index in [2.05, 4.69) is 19.9 Å². The molecule has 0 atom stereocenters. The van der Waals surface area contributed by atoms with E-state index >= 15 is 0 Å². The standard InChI is InChI=1S/C22H18N4O/c27-22(19-11-10-15-5-1-2-8-18(15)25-19)24-17-7-3-6-16(13-17)20-14-23-21-9-4-12-26(20)21/h1-3,5-8,10-11,13-14H,4,9,12H2,(H,24,27). The van der Waals surface area contributed by atoms with Crippen molar-refractivity contribution >= 4 is 22.5 Å². The van der Waals surface area contributed by atoms with Crippen LogP contribution in [0, 0.1) is 0 Å². The number of nitrogens with one attached hydrogen (secondary N) is 1. The number of fused-ring (bicyclic) bond motifs is 2. The summed E-state index contributed by atoms with van der Waals surface area (Å²) in [5, 5.41) is 3.98. The number of amides is 1. The molecule has 0 bridgehead atoms. The minimum Gasteiger partial charge on any atom is -0.328 e. The van der Waals surface area contributed by atoms with Gasteiger partial charge in [-0.05, 0) is 30.7 Å². The van der Waals surface area contributed by atoms with Crippen LogP contribution in [-0.2, 0) is 13.0 Å². The second-order valence-electron chi connectivity index (χ2n) is 6.74. The van der Waals surface area contributed by atoms with E-state index in [4.69, 9.17) is 0 Å². The zero-order valence-electron chi connectivity index (χ0n) is 14.7. The molecule has 0 aliphatic carbocycles. The lowest BCUT2D eigenvalue weighted by Gasteiger charge is -2.09. The first-order valence-electron chi connectivity index (χ1n) is 9.10. The summed E-state index contributed by atoms with van der Waals surface area (Å²) < 4.78 is 2.26. The summed E-state index contributed by atoms with van der Waals surface area (Å²) in [6, 6.07) is 19.3. The first kappa shape index (κ1) is 15.8. The average Bonchev–Trinajstić information content (AvgIpc) is 3.31. The normalized spacial score (nSPS) is 12.9. The van der Waals surface area contributed by atoms with Crippen molar-refractivity contribution < 1.29 is 4.79 Å². The number of hydrogen-bond donors (Lipinski definition) is 1. The molecule has 0 unspecified atom stereocenters. The number of para-hydroxylation sites is 1. The molecule has 0 fully saturated rings. The number of aryl methyl sites for hydroxylation is 1. The van der Waals surface area contributed by atoms with Crippen molar-refractivity contribution in [2.45, 2.75) is 19.4 Å². The number of pyridine rings is 1. The number of carbonyl (C=O) groups excluding carboxylic acids is 1. The third kappa shape index (κ3) is 2.87. The molecular weight excluding hydrogens is 336 g/mol. The van der Waals surface area contributed by atoms with E-state index < -0.39 is 0 Å². The fraction of sp³-hybridized carbons (Fsp3) is 0.136. The Morgan fingerprint density at radius 2 is 1.96 bits per heavy atom. The number of anilines is 1. The Kier molecular flexibility index (Phi) is 3.71. The number of imidazole rings is 1. The minimum atomic E-state index is -0.212. The van der Waals surface area contributed by atoms with Crippen molar-refractivity contribution in [3.8, 4) is 11.3 Å². The van der Waals surface area contributed by atoms with Crippen LogP contribution >= 0.6 is 0 Å². The van der Waals surface area contributed by atoms with E-state index in [1.807, 2.05) is 60.8 Å². The van der Waals surface area contributed by atoms with Gasteiger partial charge < -0.3 is 9.88 Å². The number of rotatable bonds is 3. The second kappa shape index (κ2) is 6.36. The highest BCUT2D eigenvalue weighted by molar-refractivity contribution is 6.04. The van der Waals surface area contributed by atoms with Crippen LogP contribution in [0.25, 0.3) is 22.2 Å². The summed E-state index contributed by atoms with van der Waals surface area (Å²) in [6.07, 6.45) is 4.09. The van der Waals surface area contributed by atoms with Gasteiger partial charge in [-0.25, -0.2) is 9.97 Å². The van der Waals surface area contributed by atoms with E-state index in [0.717, 1.165) is 53.1 Å². The van der Waals surface area contributed by atoms with Gasteiger partial charge >= 0.3 is 0 Å². The zero-order valence-corrected chi connectivity index (χ0v) is 14.7. The molecule has 3 heterocycles. The summed E-state index contributed by atoms with van der Waals surface area (Å²) in [6.45, 7) is 1.00. The fourth-order valence-corrected chi connectivity index (χ4v) is 3.63. The molecule has 1 aliphatic heterocycles. The Morgan fingerprint density at radius 1 is 1.04 bits per heavy atom. The van der Waals surface area contributed by atoms with Gasteiger partial charge in [0, 0.05) is 29.6 Å². The first-order chi connectivity index (χ1) is 13.3. The molecule has 2 aromatic heterocycles. The third-order valence-corrected chi connectivity index (χ3v) is 4.97. The van der Waals surface area contributed by atoms with Gasteiger partial charge in [0.2, 0.25) is 0 Å². The molecule has 1 amide bonds. The summed E-state index contributed by atoms with van der Waals surface area (Å²) in [4.78, 5) is 21.6. The largest absolute Gasteiger partial charge is 0.328 e. The SMILES string of the molecule is O=C(Nc1cccc(-c2cnc3n2CCC3)c1)c1ccc2ccccc2n1. The number of aromatic nitrogens is 3. The lowest BCUT2D eigenvalue weighted by molar-refractivity contribution is 0.102. The van der Waals surface area contributed by atoms with Crippen molar-refractivity contribution in [2.24, 2.45) is 0 Å². The van der Waals surface area contributed by atoms with E-state index in [0.29, 0.717) is 5.69 Å². The van der Waals surface area contributed by atoms with Crippen molar-refractivity contribution in [1.82, 2.24) is 14.5 Å². The predicted molar refractivity (Wildman–Crippen MR) is 106 cm³/mol. The van der Waals surface area contributed by atoms with E-state index in [-0.39, 0.29) is 5.91 Å². The van der Waals surface area contributed by atoms with E-state index in [9.17, 15) is 4.79 Å². The maximum atomic E-state index is 12.7. The third-order valence-electron chi connectivity index (χ3n) is 4.97. The van der Waals surface area contributed by atoms with Gasteiger partial charge in [0.15, 0.2) is 0 Å². The van der Waals surface area contributed by atoms with Crippen LogP contribution in [0.5, 0.6) is 0 Å². The molecule has 1 N–H and O–H groups in total. The molecule has 4 aromatic rings. The summed E-state index contributed by atoms with van der Waals surface area (Å²) in [5.41, 5.74) is 4.13. The lowest BCUT2D eigenvalue weighted by Crippen LogP contribution is -2.13. The Bertz CT molecular complexity index is 1160. The summed E-state index contributed by atoms with van der Waals surface area (Å²) >= 11 is 0. The molecule has 0 radical (unpaired) electrons. The highest BCUT2D eigenvalue weighted by Crippen LogP contribution is 2.27. The summed E-state index contributed by atoms with van der Waals surface area (Å²) in [5.74, 6) is 0.927. The van der Waals surface area contributed by atoms with Crippen LogP contribution in [0.4, 0.5) is 5.69 Å². The average molecular weight is 354 g/mol. The molecule has 0 saturated carbocycles. The maximum Gasteiger partial charge on any atom is 0.274 e. The first-order valence-corrected chi connectivity index (χ1v) is 9.10. The smallest absolute Gasteiger partial charge is 0.274 e. The van der Waals surface area contributed by atoms with Crippen LogP contribution in [0.15, 0.2) is 66.9 Å². The molecule has 0 spiro atoms. The van der Waals surface area contributed by atoms with Crippen molar-refractivity contribution in [3.63, 3.8) is 0 Å². The van der Waals surface area contributed by atoms with Crippen molar-refractivity contribution in [2.75, 3.05) is 5.32 Å². The van der Waals surface area contributed by atoms with Crippen LogP contribution < -0.4 is 5.32 Å². The Morgan fingerprint density at radius 3 is 2.93 bits per heavy atom. The van der Waals surface area contributed by atoms with Crippen molar-refractivity contribution in [1.29, 1.82) is 0 Å². The second-order valence-corrected chi connectivity index (χ2v) is 6.74. The molecule has 1 aliphatic rings. The Hall–Kier alpha value is -3.47. The minimum absolute atomic E-state index is 0.212. The molecule has 27 heavy (non-hydrogen) atoms. The van der Waals surface area contributed by atoms with Gasteiger partial charge in [0.1, 0.15) is 11.5 Å². The lowest BCUT2D eigenvalue weighted by atomic mass is 10.1. The number of carbonyl (C=O) groups is 1. The molecule has 2 aromatic carbocycles. The quantitative estimate of drug-likeness (QED) is 0.597. The van der Waals surface area contributed by atoms with Crippen LogP contribution in [-0.4, -0.2) is 20.4 Å². The van der Waals surface area contributed by atoms with E-state index in [1.54, 1.807) is 6.07 Å². The predicted octanol–water partition coefficient (Wildman–Crippen LogP) is 4.30. The Balaban J connectivity index is 1.42. The van der Waals surface area contributed by atoms with Crippen LogP contribution in [0.3, 0.4) is 0 Å². The van der Waals surface area contributed by atoms with Gasteiger partial charge in [0.05, 0.1) is 17.4 Å². The number of nitrogens with zero attached hydrogens (tertiary/aromatic N) is 3. The molecule has 5 nitrogen and oxygen atoms in total. The van der Waals surface area contributed by atoms with Gasteiger partial charge in [-0.15, -0.1) is 0 Å². The Labute approximate surface area is 156 Å². The molecular formula is C22H18N4O. The fourth-order valence-electron chi connectivity index (χ4n) is 3.63. The highest BCUT2D eigenvalue weighted by Gasteiger charge is 2.17. The van der Waals surface area contributed by atoms with Crippen molar-refractivity contribution in [3.05, 3.63) is 78.4 Å². The van der Waals surface area contributed by atoms with Crippen LogP contribution in [0.2, 0.25) is 0 Å². The molecule has 5 rings (SSSR count). The van der Waals surface area contributed by atoms with Gasteiger partial charge in [-0.3, -0.25) is 4.79 Å². The topological polar surface area (TPSA) is 59.8 Å². The van der Waals surface area contributed by atoms with Gasteiger partial charge in [-0.1, -0.05) is 36.4 Å². The van der Waals surface area contributed by atoms with Gasteiger partial charge in [-0.2, -0.15) is 0 Å². The number of benzene rings is 2. The molecule has 5 heteroatoms. The van der Waals surface area contributed by atoms with E-state index in [1.165, 1.54) is 0 Å². The number of hydrogen-bond acceptors (Lipinski definition) is 3. The van der Waals surface area contributed by atoms with Crippen LogP contribution in [0.1, 0.15) is 22.7 Å². The van der Waals surface area contributed by atoms with Gasteiger partial charge in [0.25, 0.3) is 5.91 Å². The molecule has 0 saturated heterocycles. The molecule has 132 valence electrons. The zero-order chi connectivity index (χ0) is 18.2. The highest BCUT2D eigenvalue weighted by atomic mass is 16.1.